The number of thioether (sulfide) groups is 1. The summed E-state index contributed by atoms with van der Waals surface area (Å²) in [6, 6.07) is 22.5. The summed E-state index contributed by atoms with van der Waals surface area (Å²) in [6.45, 7) is 0.766. The van der Waals surface area contributed by atoms with Gasteiger partial charge in [-0.05, 0) is 48.7 Å². The van der Waals surface area contributed by atoms with Crippen molar-refractivity contribution < 1.29 is 14.3 Å². The number of methoxy groups -OCH3 is 1. The van der Waals surface area contributed by atoms with Crippen molar-refractivity contribution in [2.45, 2.75) is 6.54 Å². The number of hydrogen-bond acceptors (Lipinski definition) is 5. The van der Waals surface area contributed by atoms with Gasteiger partial charge < -0.3 is 14.0 Å². The van der Waals surface area contributed by atoms with Gasteiger partial charge in [0, 0.05) is 12.3 Å². The Hall–Kier alpha value is -3.03. The average Bonchev–Trinajstić information content (AvgIpc) is 3.14. The van der Waals surface area contributed by atoms with Crippen molar-refractivity contribution in [3.05, 3.63) is 83.2 Å². The molecule has 0 saturated heterocycles. The number of nitrogens with zero attached hydrogens (tertiary/aromatic N) is 2. The Morgan fingerprint density at radius 2 is 1.81 bits per heavy atom. The van der Waals surface area contributed by atoms with E-state index in [-0.39, 0.29) is 5.91 Å². The summed E-state index contributed by atoms with van der Waals surface area (Å²) in [5.41, 5.74) is 1.47. The first-order valence-corrected chi connectivity index (χ1v) is 12.0. The first-order chi connectivity index (χ1) is 15.2. The van der Waals surface area contributed by atoms with Gasteiger partial charge in [-0.1, -0.05) is 41.7 Å². The summed E-state index contributed by atoms with van der Waals surface area (Å²) in [5, 5.41) is 0. The van der Waals surface area contributed by atoms with Gasteiger partial charge in [0.1, 0.15) is 17.2 Å². The number of para-hydroxylation sites is 2. The van der Waals surface area contributed by atoms with E-state index >= 15 is 0 Å². The number of benzene rings is 3. The molecule has 1 aromatic heterocycles. The highest BCUT2D eigenvalue weighted by Crippen LogP contribution is 2.26. The van der Waals surface area contributed by atoms with Crippen LogP contribution in [0.3, 0.4) is 0 Å². The lowest BCUT2D eigenvalue weighted by atomic mass is 10.2. The van der Waals surface area contributed by atoms with Gasteiger partial charge in [-0.15, -0.1) is 0 Å². The number of rotatable bonds is 7. The molecule has 158 valence electrons. The number of amides is 1. The molecule has 5 nitrogen and oxygen atoms in total. The molecule has 0 N–H and O–H groups in total. The minimum absolute atomic E-state index is 0.331. The summed E-state index contributed by atoms with van der Waals surface area (Å²) < 4.78 is 14.4. The van der Waals surface area contributed by atoms with Crippen LogP contribution in [0.1, 0.15) is 10.4 Å². The van der Waals surface area contributed by atoms with E-state index < -0.39 is 0 Å². The summed E-state index contributed by atoms with van der Waals surface area (Å²) in [7, 11) is 1.65. The maximum atomic E-state index is 13.2. The Morgan fingerprint density at radius 1 is 1.03 bits per heavy atom. The molecule has 4 aromatic rings. The number of aromatic nitrogens is 1. The molecule has 31 heavy (non-hydrogen) atoms. The van der Waals surface area contributed by atoms with Crippen LogP contribution in [-0.4, -0.2) is 29.6 Å². The summed E-state index contributed by atoms with van der Waals surface area (Å²) in [4.78, 5) is 18.3. The van der Waals surface area contributed by atoms with Crippen LogP contribution in [0.15, 0.2) is 77.8 Å². The number of fused-ring (bicyclic) bond motifs is 1. The van der Waals surface area contributed by atoms with Gasteiger partial charge >= 0.3 is 0 Å². The fraction of sp³-hybridized carbons (Fsp3) is 0.167. The molecule has 3 aromatic carbocycles. The molecule has 0 radical (unpaired) electrons. The minimum Gasteiger partial charge on any atom is -0.497 e. The number of thiazole rings is 1. The smallest absolute Gasteiger partial charge is 0.283 e. The maximum Gasteiger partial charge on any atom is 0.283 e. The molecular weight excluding hydrogens is 428 g/mol. The predicted octanol–water partition coefficient (Wildman–Crippen LogP) is 5.61. The molecular formula is C24H22N2O3S2. The molecule has 0 spiro atoms. The molecule has 0 fully saturated rings. The standard InChI is InChI=1S/C24H22N2O3S2/c1-28-18-12-13-20-22(16-18)31-24(26(20)14-15-30-2)25-23(27)19-10-6-7-11-21(19)29-17-8-4-3-5-9-17/h3-13,16H,14-15H2,1-2H3. The Morgan fingerprint density at radius 3 is 2.58 bits per heavy atom. The zero-order chi connectivity index (χ0) is 21.6. The molecule has 4 rings (SSSR count). The number of hydrogen-bond donors (Lipinski definition) is 0. The first-order valence-electron chi connectivity index (χ1n) is 9.77. The van der Waals surface area contributed by atoms with E-state index in [1.807, 2.05) is 60.7 Å². The first kappa shape index (κ1) is 21.2. The SMILES string of the molecule is COc1ccc2c(c1)sc(=NC(=O)c1ccccc1Oc1ccccc1)n2CCSC. The quantitative estimate of drug-likeness (QED) is 0.367. The Labute approximate surface area is 189 Å². The van der Waals surface area contributed by atoms with Crippen LogP contribution in [0, 0.1) is 0 Å². The number of aryl methyl sites for hydroxylation is 1. The van der Waals surface area contributed by atoms with Gasteiger partial charge in [-0.25, -0.2) is 0 Å². The number of ether oxygens (including phenoxy) is 2. The van der Waals surface area contributed by atoms with Crippen molar-refractivity contribution in [3.63, 3.8) is 0 Å². The van der Waals surface area contributed by atoms with Gasteiger partial charge in [0.15, 0.2) is 4.80 Å². The molecule has 0 unspecified atom stereocenters. The van der Waals surface area contributed by atoms with E-state index in [2.05, 4.69) is 15.8 Å². The predicted molar refractivity (Wildman–Crippen MR) is 128 cm³/mol. The van der Waals surface area contributed by atoms with E-state index in [1.165, 1.54) is 11.3 Å². The van der Waals surface area contributed by atoms with Crippen molar-refractivity contribution in [2.24, 2.45) is 4.99 Å². The lowest BCUT2D eigenvalue weighted by Gasteiger charge is -2.09. The van der Waals surface area contributed by atoms with E-state index in [4.69, 9.17) is 9.47 Å². The minimum atomic E-state index is -0.331. The highest BCUT2D eigenvalue weighted by molar-refractivity contribution is 7.98. The maximum absolute atomic E-state index is 13.2. The molecule has 0 bridgehead atoms. The van der Waals surface area contributed by atoms with Crippen LogP contribution in [0.5, 0.6) is 17.2 Å². The second-order valence-corrected chi connectivity index (χ2v) is 8.69. The average molecular weight is 451 g/mol. The van der Waals surface area contributed by atoms with E-state index in [9.17, 15) is 4.79 Å². The number of carbonyl (C=O) groups excluding carboxylic acids is 1. The molecule has 0 atom stereocenters. The van der Waals surface area contributed by atoms with Crippen molar-refractivity contribution in [3.8, 4) is 17.2 Å². The van der Waals surface area contributed by atoms with Gasteiger partial charge in [0.2, 0.25) is 0 Å². The van der Waals surface area contributed by atoms with Crippen molar-refractivity contribution in [2.75, 3.05) is 19.1 Å². The van der Waals surface area contributed by atoms with E-state index in [0.717, 1.165) is 28.3 Å². The summed E-state index contributed by atoms with van der Waals surface area (Å²) in [5.74, 6) is 2.54. The zero-order valence-corrected chi connectivity index (χ0v) is 18.9. The fourth-order valence-electron chi connectivity index (χ4n) is 3.16. The molecule has 0 aliphatic carbocycles. The van der Waals surface area contributed by atoms with Crippen LogP contribution < -0.4 is 14.3 Å². The van der Waals surface area contributed by atoms with Crippen molar-refractivity contribution in [1.29, 1.82) is 0 Å². The van der Waals surface area contributed by atoms with Gasteiger partial charge in [-0.2, -0.15) is 16.8 Å². The zero-order valence-electron chi connectivity index (χ0n) is 17.3. The monoisotopic (exact) mass is 450 g/mol. The highest BCUT2D eigenvalue weighted by Gasteiger charge is 2.14. The third-order valence-corrected chi connectivity index (χ3v) is 6.33. The van der Waals surface area contributed by atoms with Crippen LogP contribution in [0.25, 0.3) is 10.2 Å². The Balaban J connectivity index is 1.75. The Kier molecular flexibility index (Phi) is 6.74. The number of carbonyl (C=O) groups is 1. The van der Waals surface area contributed by atoms with Gasteiger partial charge in [0.25, 0.3) is 5.91 Å². The van der Waals surface area contributed by atoms with E-state index in [1.54, 1.807) is 31.0 Å². The van der Waals surface area contributed by atoms with Gasteiger partial charge in [-0.3, -0.25) is 4.79 Å². The lowest BCUT2D eigenvalue weighted by molar-refractivity contribution is 0.0995. The fourth-order valence-corrected chi connectivity index (χ4v) is 4.61. The molecule has 7 heteroatoms. The van der Waals surface area contributed by atoms with Crippen LogP contribution >= 0.6 is 23.1 Å². The highest BCUT2D eigenvalue weighted by atomic mass is 32.2. The largest absolute Gasteiger partial charge is 0.497 e. The Bertz CT molecular complexity index is 1260. The van der Waals surface area contributed by atoms with Crippen molar-refractivity contribution in [1.82, 2.24) is 4.57 Å². The van der Waals surface area contributed by atoms with Crippen LogP contribution in [-0.2, 0) is 6.54 Å². The molecule has 0 aliphatic heterocycles. The van der Waals surface area contributed by atoms with Crippen LogP contribution in [0.2, 0.25) is 0 Å². The third kappa shape index (κ3) is 4.84. The molecule has 0 saturated carbocycles. The van der Waals surface area contributed by atoms with Gasteiger partial charge in [0.05, 0.1) is 22.9 Å². The molecule has 1 amide bonds. The van der Waals surface area contributed by atoms with Crippen molar-refractivity contribution >= 4 is 39.2 Å². The van der Waals surface area contributed by atoms with E-state index in [0.29, 0.717) is 21.9 Å². The second-order valence-electron chi connectivity index (χ2n) is 6.69. The second kappa shape index (κ2) is 9.85. The molecule has 1 heterocycles. The third-order valence-electron chi connectivity index (χ3n) is 4.69. The molecule has 0 aliphatic rings. The summed E-state index contributed by atoms with van der Waals surface area (Å²) >= 11 is 3.24. The topological polar surface area (TPSA) is 52.8 Å². The van der Waals surface area contributed by atoms with Crippen LogP contribution in [0.4, 0.5) is 0 Å². The normalized spacial score (nSPS) is 11.6. The lowest BCUT2D eigenvalue weighted by Crippen LogP contribution is -2.18. The summed E-state index contributed by atoms with van der Waals surface area (Å²) in [6.07, 6.45) is 2.07.